The van der Waals surface area contributed by atoms with Crippen LogP contribution >= 0.6 is 24.0 Å². The van der Waals surface area contributed by atoms with Gasteiger partial charge in [0.25, 0.3) is 0 Å². The minimum atomic E-state index is -0.289. The van der Waals surface area contributed by atoms with E-state index in [0.717, 1.165) is 31.0 Å². The molecule has 0 unspecified atom stereocenters. The Labute approximate surface area is 182 Å². The molecule has 1 heterocycles. The average Bonchev–Trinajstić information content (AvgIpc) is 3.21. The molecule has 0 bridgehead atoms. The smallest absolute Gasteiger partial charge is 0.191 e. The Hall–Kier alpha value is -2.42. The first-order chi connectivity index (χ1) is 13.3. The van der Waals surface area contributed by atoms with E-state index in [2.05, 4.69) is 32.7 Å². The molecule has 5 nitrogen and oxygen atoms in total. The lowest BCUT2D eigenvalue weighted by Gasteiger charge is -2.12. The highest BCUT2D eigenvalue weighted by Crippen LogP contribution is 2.15. The summed E-state index contributed by atoms with van der Waals surface area (Å²) in [6.07, 6.45) is 5.84. The SMILES string of the molecule is CCNC(=NCc1ccc(-n2ccnc2)c(F)c1)NCCc1ccccc1.I. The molecule has 7 heteroatoms. The molecule has 2 aromatic carbocycles. The molecule has 0 aliphatic rings. The Morgan fingerprint density at radius 2 is 1.93 bits per heavy atom. The van der Waals surface area contributed by atoms with E-state index in [1.54, 1.807) is 29.4 Å². The molecule has 0 saturated carbocycles. The first-order valence-electron chi connectivity index (χ1n) is 9.09. The highest BCUT2D eigenvalue weighted by Gasteiger charge is 2.05. The average molecular weight is 493 g/mol. The molecule has 28 heavy (non-hydrogen) atoms. The number of imidazole rings is 1. The zero-order valence-electron chi connectivity index (χ0n) is 15.8. The molecule has 0 aliphatic carbocycles. The first-order valence-corrected chi connectivity index (χ1v) is 9.09. The molecule has 0 fully saturated rings. The van der Waals surface area contributed by atoms with E-state index >= 15 is 0 Å². The van der Waals surface area contributed by atoms with E-state index in [0.29, 0.717) is 12.2 Å². The summed E-state index contributed by atoms with van der Waals surface area (Å²) in [5.74, 6) is 0.440. The summed E-state index contributed by atoms with van der Waals surface area (Å²) in [4.78, 5) is 8.51. The molecule has 2 N–H and O–H groups in total. The third kappa shape index (κ3) is 6.33. The molecule has 3 rings (SSSR count). The molecular formula is C21H25FIN5. The van der Waals surface area contributed by atoms with Crippen molar-refractivity contribution in [1.29, 1.82) is 0 Å². The van der Waals surface area contributed by atoms with Gasteiger partial charge in [-0.15, -0.1) is 24.0 Å². The van der Waals surface area contributed by atoms with Crippen LogP contribution in [0.2, 0.25) is 0 Å². The number of nitrogens with zero attached hydrogens (tertiary/aromatic N) is 3. The van der Waals surface area contributed by atoms with Crippen LogP contribution in [0.1, 0.15) is 18.1 Å². The number of aliphatic imine (C=N–C) groups is 1. The van der Waals surface area contributed by atoms with Crippen LogP contribution in [0, 0.1) is 5.82 Å². The fraction of sp³-hybridized carbons (Fsp3) is 0.238. The summed E-state index contributed by atoms with van der Waals surface area (Å²) < 4.78 is 16.0. The van der Waals surface area contributed by atoms with Crippen molar-refractivity contribution < 1.29 is 4.39 Å². The van der Waals surface area contributed by atoms with Crippen molar-refractivity contribution in [3.05, 3.63) is 84.2 Å². The molecular weight excluding hydrogens is 468 g/mol. The summed E-state index contributed by atoms with van der Waals surface area (Å²) in [5, 5.41) is 6.54. The van der Waals surface area contributed by atoms with Gasteiger partial charge in [-0.3, -0.25) is 0 Å². The van der Waals surface area contributed by atoms with Crippen molar-refractivity contribution in [1.82, 2.24) is 20.2 Å². The van der Waals surface area contributed by atoms with Crippen molar-refractivity contribution >= 4 is 29.9 Å². The number of guanidine groups is 1. The lowest BCUT2D eigenvalue weighted by molar-refractivity contribution is 0.615. The second-order valence-corrected chi connectivity index (χ2v) is 6.11. The molecule has 3 aromatic rings. The van der Waals surface area contributed by atoms with Crippen molar-refractivity contribution in [2.75, 3.05) is 13.1 Å². The maximum absolute atomic E-state index is 14.3. The Balaban J connectivity index is 0.00000280. The van der Waals surface area contributed by atoms with Crippen LogP contribution in [0.25, 0.3) is 5.69 Å². The lowest BCUT2D eigenvalue weighted by Crippen LogP contribution is -2.38. The van der Waals surface area contributed by atoms with Gasteiger partial charge < -0.3 is 15.2 Å². The predicted octanol–water partition coefficient (Wildman–Crippen LogP) is 3.93. The van der Waals surface area contributed by atoms with Crippen LogP contribution in [-0.2, 0) is 13.0 Å². The highest BCUT2D eigenvalue weighted by molar-refractivity contribution is 14.0. The second-order valence-electron chi connectivity index (χ2n) is 6.11. The molecule has 148 valence electrons. The normalized spacial score (nSPS) is 11.0. The largest absolute Gasteiger partial charge is 0.357 e. The quantitative estimate of drug-likeness (QED) is 0.298. The Morgan fingerprint density at radius 3 is 2.61 bits per heavy atom. The number of hydrogen-bond donors (Lipinski definition) is 2. The van der Waals surface area contributed by atoms with Gasteiger partial charge >= 0.3 is 0 Å². The Bertz CT molecular complexity index is 866. The number of halogens is 2. The van der Waals surface area contributed by atoms with E-state index < -0.39 is 0 Å². The second kappa shape index (κ2) is 11.4. The zero-order valence-corrected chi connectivity index (χ0v) is 18.1. The van der Waals surface area contributed by atoms with E-state index in [4.69, 9.17) is 0 Å². The number of benzene rings is 2. The number of hydrogen-bond acceptors (Lipinski definition) is 2. The van der Waals surface area contributed by atoms with Crippen molar-refractivity contribution in [3.8, 4) is 5.69 Å². The molecule has 0 saturated heterocycles. The molecule has 0 amide bonds. The van der Waals surface area contributed by atoms with Crippen LogP contribution in [0.4, 0.5) is 4.39 Å². The highest BCUT2D eigenvalue weighted by atomic mass is 127. The van der Waals surface area contributed by atoms with E-state index in [1.807, 2.05) is 31.2 Å². The molecule has 0 aliphatic heterocycles. The zero-order chi connectivity index (χ0) is 18.9. The summed E-state index contributed by atoms with van der Waals surface area (Å²) in [6.45, 7) is 3.98. The van der Waals surface area contributed by atoms with Crippen LogP contribution in [0.3, 0.4) is 0 Å². The van der Waals surface area contributed by atoms with Crippen molar-refractivity contribution in [2.24, 2.45) is 4.99 Å². The van der Waals surface area contributed by atoms with Gasteiger partial charge in [0.05, 0.1) is 18.6 Å². The van der Waals surface area contributed by atoms with Gasteiger partial charge in [-0.2, -0.15) is 0 Å². The van der Waals surface area contributed by atoms with Gasteiger partial charge in [-0.1, -0.05) is 36.4 Å². The maximum Gasteiger partial charge on any atom is 0.191 e. The van der Waals surface area contributed by atoms with E-state index in [-0.39, 0.29) is 29.8 Å². The molecule has 0 spiro atoms. The third-order valence-electron chi connectivity index (χ3n) is 4.11. The number of nitrogens with one attached hydrogen (secondary N) is 2. The topological polar surface area (TPSA) is 54.2 Å². The van der Waals surface area contributed by atoms with Crippen molar-refractivity contribution in [2.45, 2.75) is 19.9 Å². The van der Waals surface area contributed by atoms with E-state index in [1.165, 1.54) is 11.6 Å². The van der Waals surface area contributed by atoms with Crippen LogP contribution in [0.15, 0.2) is 72.2 Å². The van der Waals surface area contributed by atoms with Gasteiger partial charge in [0, 0.05) is 25.5 Å². The number of rotatable bonds is 7. The monoisotopic (exact) mass is 493 g/mol. The summed E-state index contributed by atoms with van der Waals surface area (Å²) >= 11 is 0. The van der Waals surface area contributed by atoms with Gasteiger partial charge in [0.15, 0.2) is 5.96 Å². The predicted molar refractivity (Wildman–Crippen MR) is 122 cm³/mol. The summed E-state index contributed by atoms with van der Waals surface area (Å²) in [7, 11) is 0. The van der Waals surface area contributed by atoms with Gasteiger partial charge in [-0.25, -0.2) is 14.4 Å². The van der Waals surface area contributed by atoms with E-state index in [9.17, 15) is 4.39 Å². The lowest BCUT2D eigenvalue weighted by atomic mass is 10.1. The van der Waals surface area contributed by atoms with Crippen LogP contribution < -0.4 is 10.6 Å². The maximum atomic E-state index is 14.3. The van der Waals surface area contributed by atoms with Crippen LogP contribution in [-0.4, -0.2) is 28.6 Å². The summed E-state index contributed by atoms with van der Waals surface area (Å²) in [6, 6.07) is 15.5. The first kappa shape index (κ1) is 21.9. The molecule has 1 aromatic heterocycles. The molecule has 0 atom stereocenters. The fourth-order valence-electron chi connectivity index (χ4n) is 2.74. The molecule has 0 radical (unpaired) electrons. The summed E-state index contributed by atoms with van der Waals surface area (Å²) in [5.41, 5.74) is 2.57. The Morgan fingerprint density at radius 1 is 1.11 bits per heavy atom. The standard InChI is InChI=1S/C21H24FN5.HI/c1-2-24-21(25-11-10-17-6-4-3-5-7-17)26-15-18-8-9-20(19(22)14-18)27-13-12-23-16-27;/h3-9,12-14,16H,2,10-11,15H2,1H3,(H2,24,25,26);1H. The fourth-order valence-corrected chi connectivity index (χ4v) is 2.74. The van der Waals surface area contributed by atoms with Crippen molar-refractivity contribution in [3.63, 3.8) is 0 Å². The van der Waals surface area contributed by atoms with Gasteiger partial charge in [0.1, 0.15) is 5.82 Å². The Kier molecular flexibility index (Phi) is 8.93. The van der Waals surface area contributed by atoms with Gasteiger partial charge in [0.2, 0.25) is 0 Å². The number of aromatic nitrogens is 2. The third-order valence-corrected chi connectivity index (χ3v) is 4.11. The van der Waals surface area contributed by atoms with Gasteiger partial charge in [-0.05, 0) is 36.6 Å². The minimum absolute atomic E-state index is 0. The minimum Gasteiger partial charge on any atom is -0.357 e. The van der Waals surface area contributed by atoms with Crippen LogP contribution in [0.5, 0.6) is 0 Å².